The molecule has 142 valence electrons. The number of nitrogens with zero attached hydrogens (tertiary/aromatic N) is 3. The average Bonchev–Trinajstić information content (AvgIpc) is 3.16. The third-order valence-corrected chi connectivity index (χ3v) is 5.26. The molecular formula is C19H21ClN4O3. The second-order valence-corrected chi connectivity index (χ2v) is 7.02. The molecule has 0 bridgehead atoms. The molecule has 2 fully saturated rings. The van der Waals surface area contributed by atoms with Gasteiger partial charge in [-0.15, -0.1) is 0 Å². The molecular weight excluding hydrogens is 368 g/mol. The van der Waals surface area contributed by atoms with Crippen LogP contribution in [0.25, 0.3) is 0 Å². The number of ether oxygens (including phenoxy) is 2. The van der Waals surface area contributed by atoms with Gasteiger partial charge in [-0.05, 0) is 17.7 Å². The molecule has 27 heavy (non-hydrogen) atoms. The SMILES string of the molecule is O=C(NCc1ccccc1Cl)c1ccnc(N2CCC3(CC2)OCCO3)n1. The van der Waals surface area contributed by atoms with Crippen molar-refractivity contribution in [3.8, 4) is 0 Å². The van der Waals surface area contributed by atoms with Gasteiger partial charge in [0.1, 0.15) is 5.69 Å². The molecule has 1 aromatic heterocycles. The number of anilines is 1. The zero-order valence-electron chi connectivity index (χ0n) is 14.9. The number of amides is 1. The minimum absolute atomic E-state index is 0.255. The van der Waals surface area contributed by atoms with Crippen molar-refractivity contribution in [3.05, 3.63) is 52.8 Å². The van der Waals surface area contributed by atoms with Gasteiger partial charge in [0.25, 0.3) is 5.91 Å². The van der Waals surface area contributed by atoms with Crippen LogP contribution in [0.5, 0.6) is 0 Å². The molecule has 4 rings (SSSR count). The van der Waals surface area contributed by atoms with Crippen LogP contribution in [0.1, 0.15) is 28.9 Å². The summed E-state index contributed by atoms with van der Waals surface area (Å²) in [5.74, 6) is -0.150. The maximum atomic E-state index is 12.5. The molecule has 0 radical (unpaired) electrons. The Morgan fingerprint density at radius 1 is 1.19 bits per heavy atom. The molecule has 2 aromatic rings. The van der Waals surface area contributed by atoms with Crippen molar-refractivity contribution in [2.75, 3.05) is 31.2 Å². The van der Waals surface area contributed by atoms with E-state index in [1.807, 2.05) is 18.2 Å². The van der Waals surface area contributed by atoms with E-state index in [2.05, 4.69) is 20.2 Å². The first kappa shape index (κ1) is 18.2. The van der Waals surface area contributed by atoms with Gasteiger partial charge in [0.15, 0.2) is 5.79 Å². The molecule has 0 aliphatic carbocycles. The van der Waals surface area contributed by atoms with E-state index in [1.165, 1.54) is 0 Å². The number of carbonyl (C=O) groups excluding carboxylic acids is 1. The van der Waals surface area contributed by atoms with Gasteiger partial charge < -0.3 is 19.7 Å². The Morgan fingerprint density at radius 3 is 2.67 bits per heavy atom. The molecule has 0 unspecified atom stereocenters. The number of nitrogens with one attached hydrogen (secondary N) is 1. The molecule has 8 heteroatoms. The Morgan fingerprint density at radius 2 is 1.93 bits per heavy atom. The van der Waals surface area contributed by atoms with Gasteiger partial charge in [-0.25, -0.2) is 9.97 Å². The summed E-state index contributed by atoms with van der Waals surface area (Å²) in [6.45, 7) is 3.10. The lowest BCUT2D eigenvalue weighted by molar-refractivity contribution is -0.169. The Balaban J connectivity index is 1.39. The van der Waals surface area contributed by atoms with Crippen LogP contribution >= 0.6 is 11.6 Å². The fraction of sp³-hybridized carbons (Fsp3) is 0.421. The minimum atomic E-state index is -0.444. The highest BCUT2D eigenvalue weighted by Crippen LogP contribution is 2.32. The van der Waals surface area contributed by atoms with Crippen molar-refractivity contribution in [2.45, 2.75) is 25.2 Å². The first-order valence-corrected chi connectivity index (χ1v) is 9.41. The summed E-state index contributed by atoms with van der Waals surface area (Å²) >= 11 is 6.13. The molecule has 1 N–H and O–H groups in total. The van der Waals surface area contributed by atoms with Crippen LogP contribution in [0.4, 0.5) is 5.95 Å². The van der Waals surface area contributed by atoms with E-state index in [0.29, 0.717) is 36.4 Å². The molecule has 1 spiro atoms. The summed E-state index contributed by atoms with van der Waals surface area (Å²) in [5.41, 5.74) is 1.19. The van der Waals surface area contributed by atoms with E-state index in [4.69, 9.17) is 21.1 Å². The van der Waals surface area contributed by atoms with Crippen molar-refractivity contribution in [2.24, 2.45) is 0 Å². The lowest BCUT2D eigenvalue weighted by Gasteiger charge is -2.37. The van der Waals surface area contributed by atoms with Crippen LogP contribution in [0.15, 0.2) is 36.5 Å². The largest absolute Gasteiger partial charge is 0.347 e. The fourth-order valence-corrected chi connectivity index (χ4v) is 3.57. The third kappa shape index (κ3) is 4.05. The normalized spacial score (nSPS) is 18.6. The van der Waals surface area contributed by atoms with Crippen LogP contribution in [0.3, 0.4) is 0 Å². The summed E-state index contributed by atoms with van der Waals surface area (Å²) in [6, 6.07) is 9.03. The number of benzene rings is 1. The third-order valence-electron chi connectivity index (χ3n) is 4.89. The van der Waals surface area contributed by atoms with Crippen LogP contribution in [-0.4, -0.2) is 48.0 Å². The van der Waals surface area contributed by atoms with Crippen LogP contribution in [0.2, 0.25) is 5.02 Å². The zero-order valence-corrected chi connectivity index (χ0v) is 15.6. The molecule has 3 heterocycles. The Bertz CT molecular complexity index is 816. The highest BCUT2D eigenvalue weighted by atomic mass is 35.5. The van der Waals surface area contributed by atoms with E-state index in [0.717, 1.165) is 31.5 Å². The van der Waals surface area contributed by atoms with Gasteiger partial charge in [-0.2, -0.15) is 0 Å². The van der Waals surface area contributed by atoms with Gasteiger partial charge in [-0.3, -0.25) is 4.79 Å². The quantitative estimate of drug-likeness (QED) is 0.866. The Hall–Kier alpha value is -2.22. The summed E-state index contributed by atoms with van der Waals surface area (Å²) in [6.07, 6.45) is 3.14. The van der Waals surface area contributed by atoms with Crippen molar-refractivity contribution in [3.63, 3.8) is 0 Å². The standard InChI is InChI=1S/C19H21ClN4O3/c20-15-4-2-1-3-14(15)13-22-17(25)16-5-8-21-18(23-16)24-9-6-19(7-10-24)26-11-12-27-19/h1-5,8H,6-7,9-13H2,(H,22,25). The van der Waals surface area contributed by atoms with Crippen LogP contribution < -0.4 is 10.2 Å². The number of piperidine rings is 1. The van der Waals surface area contributed by atoms with E-state index >= 15 is 0 Å². The smallest absolute Gasteiger partial charge is 0.270 e. The van der Waals surface area contributed by atoms with Gasteiger partial charge in [0, 0.05) is 43.7 Å². The van der Waals surface area contributed by atoms with Crippen LogP contribution in [-0.2, 0) is 16.0 Å². The fourth-order valence-electron chi connectivity index (χ4n) is 3.37. The van der Waals surface area contributed by atoms with Gasteiger partial charge in [-0.1, -0.05) is 29.8 Å². The topological polar surface area (TPSA) is 76.6 Å². The van der Waals surface area contributed by atoms with E-state index < -0.39 is 5.79 Å². The predicted octanol–water partition coefficient (Wildman–Crippen LogP) is 2.40. The van der Waals surface area contributed by atoms with E-state index in [1.54, 1.807) is 18.3 Å². The molecule has 7 nitrogen and oxygen atoms in total. The molecule has 2 aliphatic heterocycles. The molecule has 0 atom stereocenters. The average molecular weight is 389 g/mol. The number of hydrogen-bond donors (Lipinski definition) is 1. The monoisotopic (exact) mass is 388 g/mol. The first-order chi connectivity index (χ1) is 13.2. The number of halogens is 1. The molecule has 1 amide bonds. The molecule has 1 aromatic carbocycles. The predicted molar refractivity (Wildman–Crippen MR) is 101 cm³/mol. The lowest BCUT2D eigenvalue weighted by Crippen LogP contribution is -2.45. The van der Waals surface area contributed by atoms with Crippen molar-refractivity contribution < 1.29 is 14.3 Å². The Kier molecular flexibility index (Phi) is 5.24. The highest BCUT2D eigenvalue weighted by molar-refractivity contribution is 6.31. The van der Waals surface area contributed by atoms with E-state index in [-0.39, 0.29) is 5.91 Å². The summed E-state index contributed by atoms with van der Waals surface area (Å²) in [5, 5.41) is 3.48. The highest BCUT2D eigenvalue weighted by Gasteiger charge is 2.40. The zero-order chi connectivity index (χ0) is 18.7. The van der Waals surface area contributed by atoms with Crippen molar-refractivity contribution >= 4 is 23.5 Å². The number of aromatic nitrogens is 2. The van der Waals surface area contributed by atoms with Gasteiger partial charge >= 0.3 is 0 Å². The summed E-state index contributed by atoms with van der Waals surface area (Å²) < 4.78 is 11.5. The van der Waals surface area contributed by atoms with Crippen LogP contribution in [0, 0.1) is 0 Å². The second-order valence-electron chi connectivity index (χ2n) is 6.61. The number of carbonyl (C=O) groups is 1. The van der Waals surface area contributed by atoms with Gasteiger partial charge in [0.05, 0.1) is 13.2 Å². The van der Waals surface area contributed by atoms with E-state index in [9.17, 15) is 4.79 Å². The Labute approximate surface area is 162 Å². The molecule has 0 saturated carbocycles. The van der Waals surface area contributed by atoms with Crippen molar-refractivity contribution in [1.82, 2.24) is 15.3 Å². The lowest BCUT2D eigenvalue weighted by atomic mass is 10.0. The first-order valence-electron chi connectivity index (χ1n) is 9.03. The summed E-state index contributed by atoms with van der Waals surface area (Å²) in [7, 11) is 0. The maximum absolute atomic E-state index is 12.5. The van der Waals surface area contributed by atoms with Crippen molar-refractivity contribution in [1.29, 1.82) is 0 Å². The minimum Gasteiger partial charge on any atom is -0.347 e. The second kappa shape index (κ2) is 7.80. The van der Waals surface area contributed by atoms with Gasteiger partial charge in [0.2, 0.25) is 5.95 Å². The number of hydrogen-bond acceptors (Lipinski definition) is 6. The molecule has 2 saturated heterocycles. The summed E-state index contributed by atoms with van der Waals surface area (Å²) in [4.78, 5) is 23.3. The maximum Gasteiger partial charge on any atom is 0.270 e. The number of rotatable bonds is 4. The molecule has 2 aliphatic rings.